The van der Waals surface area contributed by atoms with E-state index in [1.807, 2.05) is 0 Å². The predicted molar refractivity (Wildman–Crippen MR) is 63.2 cm³/mol. The van der Waals surface area contributed by atoms with Crippen molar-refractivity contribution in [2.75, 3.05) is 0 Å². The Morgan fingerprint density at radius 1 is 1.32 bits per heavy atom. The Morgan fingerprint density at radius 2 is 1.89 bits per heavy atom. The van der Waals surface area contributed by atoms with Gasteiger partial charge in [0.1, 0.15) is 18.2 Å². The van der Waals surface area contributed by atoms with Gasteiger partial charge in [-0.3, -0.25) is 9.79 Å². The molecule has 0 aliphatic carbocycles. The van der Waals surface area contributed by atoms with Crippen LogP contribution in [0.4, 0.5) is 0 Å². The minimum atomic E-state index is -1.65. The van der Waals surface area contributed by atoms with E-state index in [1.54, 1.807) is 0 Å². The van der Waals surface area contributed by atoms with E-state index in [9.17, 15) is 19.8 Å². The van der Waals surface area contributed by atoms with E-state index >= 15 is 0 Å². The number of carboxylic acids is 1. The summed E-state index contributed by atoms with van der Waals surface area (Å²) in [6, 6.07) is -2.19. The molecule has 1 aliphatic rings. The Morgan fingerprint density at radius 3 is 2.32 bits per heavy atom. The topological polar surface area (TPSA) is 154 Å². The van der Waals surface area contributed by atoms with Crippen molar-refractivity contribution in [1.29, 1.82) is 0 Å². The first-order chi connectivity index (χ1) is 8.73. The first kappa shape index (κ1) is 15.3. The van der Waals surface area contributed by atoms with Crippen molar-refractivity contribution < 1.29 is 29.6 Å². The summed E-state index contributed by atoms with van der Waals surface area (Å²) in [7, 11) is 0. The lowest BCUT2D eigenvalue weighted by Gasteiger charge is -2.39. The average molecular weight is 275 g/mol. The van der Waals surface area contributed by atoms with Crippen LogP contribution in [-0.2, 0) is 14.3 Å². The fraction of sp³-hybridized carbons (Fsp3) is 0.700. The predicted octanol–water partition coefficient (Wildman–Crippen LogP) is -2.60. The second kappa shape index (κ2) is 5.95. The van der Waals surface area contributed by atoms with Gasteiger partial charge in [-0.25, -0.2) is 4.79 Å². The molecular weight excluding hydrogens is 258 g/mol. The third-order valence-corrected chi connectivity index (χ3v) is 2.59. The van der Waals surface area contributed by atoms with Gasteiger partial charge in [0.25, 0.3) is 0 Å². The van der Waals surface area contributed by atoms with Crippen LogP contribution in [0.1, 0.15) is 13.8 Å². The number of aliphatic hydroxyl groups is 2. The van der Waals surface area contributed by atoms with E-state index in [-0.39, 0.29) is 5.84 Å². The minimum Gasteiger partial charge on any atom is -0.479 e. The highest BCUT2D eigenvalue weighted by atomic mass is 16.6. The molecule has 5 unspecified atom stereocenters. The third-order valence-electron chi connectivity index (χ3n) is 2.59. The van der Waals surface area contributed by atoms with Gasteiger partial charge in [0.2, 0.25) is 5.91 Å². The molecule has 6 N–H and O–H groups in total. The third kappa shape index (κ3) is 3.63. The highest BCUT2D eigenvalue weighted by Gasteiger charge is 2.48. The number of ether oxygens (including phenoxy) is 1. The van der Waals surface area contributed by atoms with E-state index in [2.05, 4.69) is 10.3 Å². The van der Waals surface area contributed by atoms with Crippen molar-refractivity contribution in [3.63, 3.8) is 0 Å². The molecule has 5 atom stereocenters. The number of rotatable bonds is 3. The number of carbonyl (C=O) groups is 2. The number of aliphatic carboxylic acids is 1. The van der Waals surface area contributed by atoms with Gasteiger partial charge in [0.05, 0.1) is 5.84 Å². The number of carbonyl (C=O) groups excluding carboxylic acids is 1. The maximum Gasteiger partial charge on any atom is 0.335 e. The van der Waals surface area contributed by atoms with Gasteiger partial charge in [-0.1, -0.05) is 0 Å². The molecule has 0 radical (unpaired) electrons. The van der Waals surface area contributed by atoms with Crippen LogP contribution in [0, 0.1) is 0 Å². The summed E-state index contributed by atoms with van der Waals surface area (Å²) in [6.07, 6.45) is -4.80. The molecule has 0 aromatic heterocycles. The van der Waals surface area contributed by atoms with Gasteiger partial charge in [-0.15, -0.1) is 0 Å². The number of hydrogen-bond acceptors (Lipinski definition) is 6. The molecular formula is C10H17N3O6. The van der Waals surface area contributed by atoms with Crippen LogP contribution in [0.2, 0.25) is 0 Å². The smallest absolute Gasteiger partial charge is 0.335 e. The largest absolute Gasteiger partial charge is 0.479 e. The second-order valence-electron chi connectivity index (χ2n) is 4.26. The lowest BCUT2D eigenvalue weighted by Crippen LogP contribution is -2.64. The van der Waals surface area contributed by atoms with E-state index in [0.717, 1.165) is 0 Å². The number of amides is 1. The highest BCUT2D eigenvalue weighted by molar-refractivity contribution is 5.78. The fourth-order valence-corrected chi connectivity index (χ4v) is 1.86. The number of aliphatic hydroxyl groups excluding tert-OH is 2. The van der Waals surface area contributed by atoms with Crippen LogP contribution in [0.15, 0.2) is 4.99 Å². The van der Waals surface area contributed by atoms with E-state index in [0.29, 0.717) is 0 Å². The summed E-state index contributed by atoms with van der Waals surface area (Å²) in [4.78, 5) is 25.8. The standard InChI is InChI=1S/C10H17N3O6/c1-3(11)12-5-6(13-4(2)14)10(18)19-8(7(5)15)9(16)17/h5-8,10,15,18H,1-2H3,(H2,11,12)(H,13,14)(H,16,17). The lowest BCUT2D eigenvalue weighted by atomic mass is 9.94. The van der Waals surface area contributed by atoms with Crippen molar-refractivity contribution in [2.45, 2.75) is 44.4 Å². The highest BCUT2D eigenvalue weighted by Crippen LogP contribution is 2.23. The minimum absolute atomic E-state index is 0.0811. The molecule has 108 valence electrons. The maximum absolute atomic E-state index is 11.1. The van der Waals surface area contributed by atoms with E-state index in [1.165, 1.54) is 13.8 Å². The van der Waals surface area contributed by atoms with Crippen LogP contribution in [0.25, 0.3) is 0 Å². The molecule has 0 aromatic carbocycles. The number of amidine groups is 1. The molecule has 1 aliphatic heterocycles. The van der Waals surface area contributed by atoms with Gasteiger partial charge < -0.3 is 31.1 Å². The van der Waals surface area contributed by atoms with E-state index in [4.69, 9.17) is 15.6 Å². The molecule has 1 saturated heterocycles. The van der Waals surface area contributed by atoms with Crippen molar-refractivity contribution in [2.24, 2.45) is 10.7 Å². The summed E-state index contributed by atoms with van der Waals surface area (Å²) in [6.45, 7) is 2.65. The van der Waals surface area contributed by atoms with Gasteiger partial charge >= 0.3 is 5.97 Å². The fourth-order valence-electron chi connectivity index (χ4n) is 1.86. The molecule has 9 heteroatoms. The zero-order chi connectivity index (χ0) is 14.7. The van der Waals surface area contributed by atoms with Crippen LogP contribution in [-0.4, -0.2) is 63.6 Å². The molecule has 0 aromatic rings. The first-order valence-electron chi connectivity index (χ1n) is 5.55. The summed E-state index contributed by atoms with van der Waals surface area (Å²) in [5, 5.41) is 30.9. The molecule has 0 saturated carbocycles. The zero-order valence-electron chi connectivity index (χ0n) is 10.5. The molecule has 1 fully saturated rings. The number of nitrogens with one attached hydrogen (secondary N) is 1. The normalized spacial score (nSPS) is 35.8. The van der Waals surface area contributed by atoms with Crippen molar-refractivity contribution in [1.82, 2.24) is 5.32 Å². The van der Waals surface area contributed by atoms with Crippen LogP contribution < -0.4 is 11.1 Å². The Hall–Kier alpha value is -1.71. The SMILES string of the molecule is CC(=O)NC1C(O)OC(C(=O)O)C(O)C1N=C(C)N. The second-order valence-corrected chi connectivity index (χ2v) is 4.26. The van der Waals surface area contributed by atoms with Crippen LogP contribution in [0.3, 0.4) is 0 Å². The molecule has 0 spiro atoms. The summed E-state index contributed by atoms with van der Waals surface area (Å²) in [5.41, 5.74) is 5.40. The number of nitrogens with zero attached hydrogens (tertiary/aromatic N) is 1. The van der Waals surface area contributed by atoms with Gasteiger partial charge in [-0.05, 0) is 6.92 Å². The van der Waals surface area contributed by atoms with Gasteiger partial charge in [-0.2, -0.15) is 0 Å². The Bertz CT molecular complexity index is 395. The molecule has 0 bridgehead atoms. The molecule has 1 rings (SSSR count). The number of carboxylic acid groups (broad SMARTS) is 1. The van der Waals surface area contributed by atoms with Gasteiger partial charge in [0.15, 0.2) is 12.4 Å². The van der Waals surface area contributed by atoms with Crippen molar-refractivity contribution >= 4 is 17.7 Å². The molecule has 1 amide bonds. The summed E-state index contributed by atoms with van der Waals surface area (Å²) < 4.78 is 4.77. The quantitative estimate of drug-likeness (QED) is 0.279. The van der Waals surface area contributed by atoms with Gasteiger partial charge in [0, 0.05) is 6.92 Å². The monoisotopic (exact) mass is 275 g/mol. The Labute approximate surface area is 109 Å². The maximum atomic E-state index is 11.1. The molecule has 9 nitrogen and oxygen atoms in total. The van der Waals surface area contributed by atoms with E-state index < -0.39 is 42.5 Å². The average Bonchev–Trinajstić information content (AvgIpc) is 2.26. The van der Waals surface area contributed by atoms with Crippen LogP contribution in [0.5, 0.6) is 0 Å². The van der Waals surface area contributed by atoms with Crippen molar-refractivity contribution in [3.8, 4) is 0 Å². The van der Waals surface area contributed by atoms with Crippen molar-refractivity contribution in [3.05, 3.63) is 0 Å². The molecule has 1 heterocycles. The summed E-state index contributed by atoms with van der Waals surface area (Å²) >= 11 is 0. The number of nitrogens with two attached hydrogens (primary N) is 1. The lowest BCUT2D eigenvalue weighted by molar-refractivity contribution is -0.225. The Balaban J connectivity index is 3.06. The Kier molecular flexibility index (Phi) is 4.81. The first-order valence-corrected chi connectivity index (χ1v) is 5.55. The number of aliphatic imine (C=N–C) groups is 1. The molecule has 19 heavy (non-hydrogen) atoms. The summed E-state index contributed by atoms with van der Waals surface area (Å²) in [5.74, 6) is -1.84. The zero-order valence-corrected chi connectivity index (χ0v) is 10.5. The van der Waals surface area contributed by atoms with Crippen LogP contribution >= 0.6 is 0 Å². The number of hydrogen-bond donors (Lipinski definition) is 5.